The van der Waals surface area contributed by atoms with Crippen molar-refractivity contribution in [1.82, 2.24) is 0 Å². The molecule has 2 rings (SSSR count). The summed E-state index contributed by atoms with van der Waals surface area (Å²) in [6.07, 6.45) is 1.10. The lowest BCUT2D eigenvalue weighted by Crippen LogP contribution is -2.16. The van der Waals surface area contributed by atoms with Crippen molar-refractivity contribution in [3.8, 4) is 0 Å². The van der Waals surface area contributed by atoms with Crippen LogP contribution in [-0.2, 0) is 9.84 Å². The number of nitrogen functional groups attached to an aromatic ring is 1. The number of para-hydroxylation sites is 2. The highest BCUT2D eigenvalue weighted by Crippen LogP contribution is 2.23. The van der Waals surface area contributed by atoms with Gasteiger partial charge in [0.15, 0.2) is 9.84 Å². The lowest BCUT2D eigenvalue weighted by molar-refractivity contribution is 0.102. The van der Waals surface area contributed by atoms with E-state index >= 15 is 0 Å². The van der Waals surface area contributed by atoms with Gasteiger partial charge in [0.1, 0.15) is 0 Å². The third kappa shape index (κ3) is 3.22. The first-order valence-corrected chi connectivity index (χ1v) is 8.15. The summed E-state index contributed by atoms with van der Waals surface area (Å²) in [5.41, 5.74) is 7.61. The van der Waals surface area contributed by atoms with Crippen molar-refractivity contribution in [2.24, 2.45) is 0 Å². The Kier molecular flexibility index (Phi) is 3.99. The molecule has 0 aliphatic rings. The molecule has 0 bridgehead atoms. The van der Waals surface area contributed by atoms with Gasteiger partial charge < -0.3 is 11.1 Å². The Bertz CT molecular complexity index is 798. The highest BCUT2D eigenvalue weighted by atomic mass is 32.2. The Labute approximate surface area is 123 Å². The van der Waals surface area contributed by atoms with E-state index in [-0.39, 0.29) is 10.6 Å². The van der Waals surface area contributed by atoms with Gasteiger partial charge in [0.05, 0.1) is 16.1 Å². The van der Waals surface area contributed by atoms with Crippen LogP contribution in [0.5, 0.6) is 0 Å². The summed E-state index contributed by atoms with van der Waals surface area (Å²) in [6.45, 7) is 1.80. The molecule has 0 spiro atoms. The van der Waals surface area contributed by atoms with Crippen molar-refractivity contribution in [3.05, 3.63) is 53.6 Å². The van der Waals surface area contributed by atoms with E-state index in [4.69, 9.17) is 5.73 Å². The molecule has 110 valence electrons. The highest BCUT2D eigenvalue weighted by Gasteiger charge is 2.16. The van der Waals surface area contributed by atoms with Gasteiger partial charge in [0.25, 0.3) is 5.91 Å². The van der Waals surface area contributed by atoms with Gasteiger partial charge in [-0.2, -0.15) is 0 Å². The summed E-state index contributed by atoms with van der Waals surface area (Å²) in [5.74, 6) is -0.438. The van der Waals surface area contributed by atoms with Crippen molar-refractivity contribution < 1.29 is 13.2 Å². The van der Waals surface area contributed by atoms with E-state index in [2.05, 4.69) is 5.32 Å². The maximum Gasteiger partial charge on any atom is 0.257 e. The number of nitrogens with one attached hydrogen (secondary N) is 1. The minimum Gasteiger partial charge on any atom is -0.398 e. The predicted molar refractivity (Wildman–Crippen MR) is 83.1 cm³/mol. The van der Waals surface area contributed by atoms with Gasteiger partial charge in [0, 0.05) is 11.9 Å². The van der Waals surface area contributed by atoms with Gasteiger partial charge in [-0.05, 0) is 30.7 Å². The molecule has 21 heavy (non-hydrogen) atoms. The van der Waals surface area contributed by atoms with E-state index < -0.39 is 15.7 Å². The molecule has 0 aromatic heterocycles. The van der Waals surface area contributed by atoms with E-state index in [0.717, 1.165) is 11.8 Å². The van der Waals surface area contributed by atoms with Gasteiger partial charge >= 0.3 is 0 Å². The van der Waals surface area contributed by atoms with Crippen LogP contribution in [0.1, 0.15) is 15.9 Å². The van der Waals surface area contributed by atoms with E-state index in [0.29, 0.717) is 11.3 Å². The third-order valence-corrected chi connectivity index (χ3v) is 4.26. The summed E-state index contributed by atoms with van der Waals surface area (Å²) in [7, 11) is -3.43. The number of sulfone groups is 1. The number of hydrogen-bond acceptors (Lipinski definition) is 4. The fourth-order valence-electron chi connectivity index (χ4n) is 1.96. The summed E-state index contributed by atoms with van der Waals surface area (Å²) >= 11 is 0. The number of carbonyl (C=O) groups excluding carboxylic acids is 1. The minimum atomic E-state index is -3.43. The second-order valence-electron chi connectivity index (χ2n) is 4.76. The molecule has 0 saturated heterocycles. The van der Waals surface area contributed by atoms with Crippen molar-refractivity contribution in [1.29, 1.82) is 0 Å². The monoisotopic (exact) mass is 304 g/mol. The fraction of sp³-hybridized carbons (Fsp3) is 0.133. The number of anilines is 2. The summed E-state index contributed by atoms with van der Waals surface area (Å²) in [6, 6.07) is 11.4. The van der Waals surface area contributed by atoms with Gasteiger partial charge in [-0.25, -0.2) is 8.42 Å². The first kappa shape index (κ1) is 15.1. The summed E-state index contributed by atoms with van der Waals surface area (Å²) < 4.78 is 23.4. The average Bonchev–Trinajstić information content (AvgIpc) is 2.41. The zero-order valence-electron chi connectivity index (χ0n) is 11.8. The Hall–Kier alpha value is -2.34. The van der Waals surface area contributed by atoms with Gasteiger partial charge in [-0.3, -0.25) is 4.79 Å². The smallest absolute Gasteiger partial charge is 0.257 e. The Morgan fingerprint density at radius 1 is 1.10 bits per heavy atom. The number of aryl methyl sites for hydroxylation is 1. The van der Waals surface area contributed by atoms with Crippen LogP contribution in [-0.4, -0.2) is 20.6 Å². The van der Waals surface area contributed by atoms with Crippen LogP contribution in [0.4, 0.5) is 11.4 Å². The van der Waals surface area contributed by atoms with Crippen LogP contribution in [0, 0.1) is 6.92 Å². The predicted octanol–water partition coefficient (Wildman–Crippen LogP) is 2.23. The summed E-state index contributed by atoms with van der Waals surface area (Å²) in [5, 5.41) is 2.60. The molecule has 0 atom stereocenters. The average molecular weight is 304 g/mol. The molecule has 5 nitrogen and oxygen atoms in total. The second-order valence-corrected chi connectivity index (χ2v) is 6.74. The molecule has 0 unspecified atom stereocenters. The number of amides is 1. The lowest BCUT2D eigenvalue weighted by Gasteiger charge is -2.11. The van der Waals surface area contributed by atoms with Crippen LogP contribution >= 0.6 is 0 Å². The first-order chi connectivity index (χ1) is 9.80. The second kappa shape index (κ2) is 5.57. The van der Waals surface area contributed by atoms with Gasteiger partial charge in [0.2, 0.25) is 0 Å². The maximum atomic E-state index is 12.3. The standard InChI is InChI=1S/C15H16N2O3S/c1-10-6-5-7-11(14(10)16)15(18)17-12-8-3-4-9-13(12)21(2,19)20/h3-9H,16H2,1-2H3,(H,17,18). The van der Waals surface area contributed by atoms with Crippen LogP contribution in [0.2, 0.25) is 0 Å². The van der Waals surface area contributed by atoms with Gasteiger partial charge in [-0.1, -0.05) is 24.3 Å². The largest absolute Gasteiger partial charge is 0.398 e. The normalized spacial score (nSPS) is 11.1. The van der Waals surface area contributed by atoms with Crippen LogP contribution < -0.4 is 11.1 Å². The Morgan fingerprint density at radius 3 is 2.43 bits per heavy atom. The lowest BCUT2D eigenvalue weighted by atomic mass is 10.1. The zero-order valence-corrected chi connectivity index (χ0v) is 12.6. The van der Waals surface area contributed by atoms with Crippen LogP contribution in [0.15, 0.2) is 47.4 Å². The molecule has 0 fully saturated rings. The van der Waals surface area contributed by atoms with Crippen molar-refractivity contribution in [3.63, 3.8) is 0 Å². The van der Waals surface area contributed by atoms with Gasteiger partial charge in [-0.15, -0.1) is 0 Å². The van der Waals surface area contributed by atoms with E-state index in [1.165, 1.54) is 6.07 Å². The Balaban J connectivity index is 2.40. The SMILES string of the molecule is Cc1cccc(C(=O)Nc2ccccc2S(C)(=O)=O)c1N. The van der Waals surface area contributed by atoms with E-state index in [1.54, 1.807) is 43.3 Å². The fourth-order valence-corrected chi connectivity index (χ4v) is 2.81. The van der Waals surface area contributed by atoms with Crippen LogP contribution in [0.3, 0.4) is 0 Å². The molecule has 0 aliphatic heterocycles. The molecule has 2 aromatic rings. The highest BCUT2D eigenvalue weighted by molar-refractivity contribution is 7.90. The topological polar surface area (TPSA) is 89.3 Å². The van der Waals surface area contributed by atoms with E-state index in [1.807, 2.05) is 0 Å². The molecular formula is C15H16N2O3S. The zero-order chi connectivity index (χ0) is 15.6. The van der Waals surface area contributed by atoms with Crippen molar-refractivity contribution in [2.75, 3.05) is 17.3 Å². The number of rotatable bonds is 3. The molecule has 0 radical (unpaired) electrons. The quantitative estimate of drug-likeness (QED) is 0.851. The number of nitrogens with two attached hydrogens (primary N) is 1. The van der Waals surface area contributed by atoms with E-state index in [9.17, 15) is 13.2 Å². The molecule has 0 aliphatic carbocycles. The summed E-state index contributed by atoms with van der Waals surface area (Å²) in [4.78, 5) is 12.4. The third-order valence-electron chi connectivity index (χ3n) is 3.10. The Morgan fingerprint density at radius 2 is 1.76 bits per heavy atom. The number of hydrogen-bond donors (Lipinski definition) is 2. The maximum absolute atomic E-state index is 12.3. The van der Waals surface area contributed by atoms with Crippen LogP contribution in [0.25, 0.3) is 0 Å². The molecule has 2 aromatic carbocycles. The molecule has 1 amide bonds. The molecule has 0 saturated carbocycles. The minimum absolute atomic E-state index is 0.0737. The molecule has 3 N–H and O–H groups in total. The first-order valence-electron chi connectivity index (χ1n) is 6.26. The molecule has 0 heterocycles. The van der Waals surface area contributed by atoms with Crippen molar-refractivity contribution >= 4 is 27.1 Å². The molecular weight excluding hydrogens is 288 g/mol. The van der Waals surface area contributed by atoms with Crippen molar-refractivity contribution in [2.45, 2.75) is 11.8 Å². The molecule has 6 heteroatoms. The number of carbonyl (C=O) groups is 1. The number of benzene rings is 2.